The summed E-state index contributed by atoms with van der Waals surface area (Å²) >= 11 is 0. The molecule has 138 valence electrons. The van der Waals surface area contributed by atoms with E-state index in [1.165, 1.54) is 7.11 Å². The van der Waals surface area contributed by atoms with Crippen LogP contribution in [-0.4, -0.2) is 41.1 Å². The number of aliphatic hydroxyl groups excluding tert-OH is 1. The second-order valence-corrected chi connectivity index (χ2v) is 7.91. The van der Waals surface area contributed by atoms with Gasteiger partial charge in [-0.1, -0.05) is 19.4 Å². The molecule has 2 rings (SSSR count). The van der Waals surface area contributed by atoms with Crippen molar-refractivity contribution in [3.8, 4) is 0 Å². The van der Waals surface area contributed by atoms with Gasteiger partial charge in [-0.3, -0.25) is 4.79 Å². The topological polar surface area (TPSA) is 66.8 Å². The molecule has 0 aromatic heterocycles. The van der Waals surface area contributed by atoms with Gasteiger partial charge in [-0.2, -0.15) is 0 Å². The van der Waals surface area contributed by atoms with Gasteiger partial charge in [0.05, 0.1) is 24.8 Å². The molecule has 25 heavy (non-hydrogen) atoms. The molecule has 1 fully saturated rings. The maximum absolute atomic E-state index is 13.1. The number of aliphatic hydroxyl groups is 1. The highest BCUT2D eigenvalue weighted by Gasteiger charge is 2.45. The van der Waals surface area contributed by atoms with Crippen molar-refractivity contribution in [2.45, 2.75) is 59.0 Å². The number of carbonyl (C=O) groups excluding carboxylic acids is 2. The van der Waals surface area contributed by atoms with E-state index in [4.69, 9.17) is 4.74 Å². The monoisotopic (exact) mass is 347 g/mol. The average molecular weight is 347 g/mol. The van der Waals surface area contributed by atoms with Crippen LogP contribution in [0.15, 0.2) is 18.2 Å². The molecule has 1 amide bonds. The first-order chi connectivity index (χ1) is 11.6. The van der Waals surface area contributed by atoms with Crippen molar-refractivity contribution in [1.29, 1.82) is 0 Å². The van der Waals surface area contributed by atoms with Gasteiger partial charge in [-0.25, -0.2) is 4.79 Å². The Labute approximate surface area is 150 Å². The lowest BCUT2D eigenvalue weighted by Gasteiger charge is -2.46. The van der Waals surface area contributed by atoms with Gasteiger partial charge in [0.15, 0.2) is 0 Å². The highest BCUT2D eigenvalue weighted by Crippen LogP contribution is 2.43. The number of hydrogen-bond donors (Lipinski definition) is 1. The zero-order valence-electron chi connectivity index (χ0n) is 15.9. The van der Waals surface area contributed by atoms with Crippen LogP contribution in [0.4, 0.5) is 0 Å². The highest BCUT2D eigenvalue weighted by molar-refractivity contribution is 5.89. The van der Waals surface area contributed by atoms with Gasteiger partial charge in [0.2, 0.25) is 5.91 Å². The van der Waals surface area contributed by atoms with Crippen molar-refractivity contribution < 1.29 is 19.4 Å². The van der Waals surface area contributed by atoms with Gasteiger partial charge in [-0.15, -0.1) is 0 Å². The molecule has 0 radical (unpaired) electrons. The molecule has 1 aliphatic rings. The minimum atomic E-state index is -0.650. The Morgan fingerprint density at radius 1 is 1.32 bits per heavy atom. The Kier molecular flexibility index (Phi) is 5.57. The lowest BCUT2D eigenvalue weighted by Crippen LogP contribution is -2.56. The summed E-state index contributed by atoms with van der Waals surface area (Å²) in [5.41, 5.74) is 1.41. The molecule has 0 bridgehead atoms. The number of methoxy groups -OCH3 is 1. The zero-order valence-corrected chi connectivity index (χ0v) is 15.9. The molecule has 0 spiro atoms. The molecule has 1 aliphatic carbocycles. The van der Waals surface area contributed by atoms with E-state index in [0.717, 1.165) is 30.4 Å². The molecule has 0 saturated heterocycles. The Morgan fingerprint density at radius 2 is 1.96 bits per heavy atom. The molecule has 0 heterocycles. The van der Waals surface area contributed by atoms with E-state index in [-0.39, 0.29) is 23.9 Å². The smallest absolute Gasteiger partial charge is 0.337 e. The van der Waals surface area contributed by atoms with Crippen LogP contribution in [0.2, 0.25) is 0 Å². The molecule has 5 nitrogen and oxygen atoms in total. The van der Waals surface area contributed by atoms with Crippen molar-refractivity contribution >= 4 is 11.9 Å². The number of benzene rings is 1. The summed E-state index contributed by atoms with van der Waals surface area (Å²) in [5, 5.41) is 9.81. The van der Waals surface area contributed by atoms with Crippen LogP contribution in [0.1, 0.15) is 61.5 Å². The summed E-state index contributed by atoms with van der Waals surface area (Å²) in [6.45, 7) is 7.99. The van der Waals surface area contributed by atoms with Crippen molar-refractivity contribution in [3.63, 3.8) is 0 Å². The Morgan fingerprint density at radius 3 is 2.40 bits per heavy atom. The SMILES string of the molecule is COC(=O)c1ccc(CN(C(=O)C2(C)CCC2)C(C)(C)CO)c(C)c1. The molecule has 0 atom stereocenters. The number of esters is 1. The molecular weight excluding hydrogens is 318 g/mol. The van der Waals surface area contributed by atoms with Gasteiger partial charge in [-0.05, 0) is 56.9 Å². The van der Waals surface area contributed by atoms with E-state index in [1.54, 1.807) is 17.0 Å². The highest BCUT2D eigenvalue weighted by atomic mass is 16.5. The van der Waals surface area contributed by atoms with Crippen molar-refractivity contribution in [3.05, 3.63) is 34.9 Å². The van der Waals surface area contributed by atoms with Gasteiger partial charge >= 0.3 is 5.97 Å². The first-order valence-corrected chi connectivity index (χ1v) is 8.75. The van der Waals surface area contributed by atoms with E-state index in [0.29, 0.717) is 12.1 Å². The van der Waals surface area contributed by atoms with Crippen molar-refractivity contribution in [1.82, 2.24) is 4.90 Å². The van der Waals surface area contributed by atoms with E-state index >= 15 is 0 Å². The molecule has 5 heteroatoms. The van der Waals surface area contributed by atoms with E-state index in [1.807, 2.05) is 33.8 Å². The fourth-order valence-electron chi connectivity index (χ4n) is 3.18. The van der Waals surface area contributed by atoms with Crippen LogP contribution in [0.5, 0.6) is 0 Å². The van der Waals surface area contributed by atoms with E-state index < -0.39 is 5.54 Å². The third kappa shape index (κ3) is 3.87. The number of carbonyl (C=O) groups is 2. The molecule has 0 aliphatic heterocycles. The van der Waals surface area contributed by atoms with Crippen LogP contribution in [0.3, 0.4) is 0 Å². The normalized spacial score (nSPS) is 16.1. The fraction of sp³-hybridized carbons (Fsp3) is 0.600. The van der Waals surface area contributed by atoms with Crippen LogP contribution in [-0.2, 0) is 16.1 Å². The summed E-state index contributed by atoms with van der Waals surface area (Å²) in [5.74, 6) is -0.283. The maximum atomic E-state index is 13.1. The van der Waals surface area contributed by atoms with Gasteiger partial charge in [0, 0.05) is 12.0 Å². The summed E-state index contributed by atoms with van der Waals surface area (Å²) in [7, 11) is 1.36. The predicted octanol–water partition coefficient (Wildman–Crippen LogP) is 3.07. The van der Waals surface area contributed by atoms with Gasteiger partial charge in [0.25, 0.3) is 0 Å². The van der Waals surface area contributed by atoms with E-state index in [9.17, 15) is 14.7 Å². The third-order valence-electron chi connectivity index (χ3n) is 5.43. The zero-order chi connectivity index (χ0) is 18.8. The molecule has 1 aromatic carbocycles. The quantitative estimate of drug-likeness (QED) is 0.803. The maximum Gasteiger partial charge on any atom is 0.337 e. The van der Waals surface area contributed by atoms with Gasteiger partial charge in [0.1, 0.15) is 0 Å². The average Bonchev–Trinajstić information content (AvgIpc) is 2.56. The third-order valence-corrected chi connectivity index (χ3v) is 5.43. The largest absolute Gasteiger partial charge is 0.465 e. The standard InChI is InChI=1S/C20H29NO4/c1-14-11-15(17(23)25-5)7-8-16(14)12-21(19(2,3)13-22)18(24)20(4)9-6-10-20/h7-8,11,22H,6,9-10,12-13H2,1-5H3. The van der Waals surface area contributed by atoms with Gasteiger partial charge < -0.3 is 14.7 Å². The number of rotatable bonds is 6. The lowest BCUT2D eigenvalue weighted by molar-refractivity contribution is -0.154. The summed E-state index contributed by atoms with van der Waals surface area (Å²) in [6, 6.07) is 5.35. The summed E-state index contributed by atoms with van der Waals surface area (Å²) in [6.07, 6.45) is 2.86. The van der Waals surface area contributed by atoms with Crippen LogP contribution >= 0.6 is 0 Å². The second kappa shape index (κ2) is 7.16. The Hall–Kier alpha value is -1.88. The van der Waals surface area contributed by atoms with E-state index in [2.05, 4.69) is 0 Å². The predicted molar refractivity (Wildman–Crippen MR) is 96.2 cm³/mol. The Balaban J connectivity index is 2.31. The molecule has 0 unspecified atom stereocenters. The number of amides is 1. The first kappa shape index (κ1) is 19.4. The number of aryl methyl sites for hydroxylation is 1. The molecule has 1 N–H and O–H groups in total. The fourth-order valence-corrected chi connectivity index (χ4v) is 3.18. The first-order valence-electron chi connectivity index (χ1n) is 8.75. The van der Waals surface area contributed by atoms with Crippen LogP contribution < -0.4 is 0 Å². The molecule has 1 saturated carbocycles. The molecular formula is C20H29NO4. The Bertz CT molecular complexity index is 662. The lowest BCUT2D eigenvalue weighted by atomic mass is 9.69. The number of nitrogens with zero attached hydrogens (tertiary/aromatic N) is 1. The minimum absolute atomic E-state index is 0.0919. The van der Waals surface area contributed by atoms with Crippen LogP contribution in [0.25, 0.3) is 0 Å². The second-order valence-electron chi connectivity index (χ2n) is 7.91. The number of ether oxygens (including phenoxy) is 1. The van der Waals surface area contributed by atoms with Crippen molar-refractivity contribution in [2.24, 2.45) is 5.41 Å². The van der Waals surface area contributed by atoms with Crippen LogP contribution in [0, 0.1) is 12.3 Å². The minimum Gasteiger partial charge on any atom is -0.465 e. The summed E-state index contributed by atoms with van der Waals surface area (Å²) < 4.78 is 4.75. The van der Waals surface area contributed by atoms with Crippen molar-refractivity contribution in [2.75, 3.05) is 13.7 Å². The molecule has 1 aromatic rings. The number of hydrogen-bond acceptors (Lipinski definition) is 4. The summed E-state index contributed by atoms with van der Waals surface area (Å²) in [4.78, 5) is 26.6.